The van der Waals surface area contributed by atoms with E-state index in [2.05, 4.69) is 0 Å². The summed E-state index contributed by atoms with van der Waals surface area (Å²) in [6, 6.07) is 18.8. The van der Waals surface area contributed by atoms with E-state index in [0.29, 0.717) is 5.56 Å². The second-order valence-corrected chi connectivity index (χ2v) is 3.87. The predicted octanol–water partition coefficient (Wildman–Crippen LogP) is 4.07. The second kappa shape index (κ2) is 6.97. The summed E-state index contributed by atoms with van der Waals surface area (Å²) in [5.74, 6) is -0.357. The van der Waals surface area contributed by atoms with Crippen molar-refractivity contribution in [3.8, 4) is 0 Å². The van der Waals surface area contributed by atoms with Crippen LogP contribution in [0.5, 0.6) is 0 Å². The third-order valence-electron chi connectivity index (χ3n) is 2.46. The first-order valence-corrected chi connectivity index (χ1v) is 6.00. The van der Waals surface area contributed by atoms with Crippen LogP contribution in [0.2, 0.25) is 0 Å². The van der Waals surface area contributed by atoms with Gasteiger partial charge in [0.15, 0.2) is 0 Å². The van der Waals surface area contributed by atoms with Crippen LogP contribution >= 0.6 is 0 Å². The fourth-order valence-corrected chi connectivity index (χ4v) is 1.52. The first-order chi connectivity index (χ1) is 9.36. The molecule has 0 amide bonds. The topological polar surface area (TPSA) is 26.3 Å². The van der Waals surface area contributed by atoms with Crippen molar-refractivity contribution in [2.75, 3.05) is 0 Å². The van der Waals surface area contributed by atoms with Crippen LogP contribution in [0.3, 0.4) is 0 Å². The van der Waals surface area contributed by atoms with Crippen molar-refractivity contribution in [3.05, 3.63) is 90.2 Å². The molecule has 0 saturated carbocycles. The maximum absolute atomic E-state index is 11.6. The van der Waals surface area contributed by atoms with Gasteiger partial charge in [0.05, 0.1) is 11.8 Å². The van der Waals surface area contributed by atoms with Crippen LogP contribution in [0, 0.1) is 0 Å². The lowest BCUT2D eigenvalue weighted by Crippen LogP contribution is -1.99. The fraction of sp³-hybridized carbons (Fsp3) is 0. The minimum absolute atomic E-state index is 0.357. The number of benzene rings is 2. The third-order valence-corrected chi connectivity index (χ3v) is 2.46. The number of esters is 1. The van der Waals surface area contributed by atoms with E-state index in [1.165, 1.54) is 6.26 Å². The van der Waals surface area contributed by atoms with Gasteiger partial charge in [-0.1, -0.05) is 60.7 Å². The van der Waals surface area contributed by atoms with Crippen LogP contribution in [0.1, 0.15) is 15.9 Å². The molecule has 0 spiro atoms. The number of carbonyl (C=O) groups is 1. The minimum atomic E-state index is -0.357. The van der Waals surface area contributed by atoms with Crippen molar-refractivity contribution in [3.63, 3.8) is 0 Å². The molecule has 2 aromatic carbocycles. The highest BCUT2D eigenvalue weighted by Crippen LogP contribution is 2.02. The molecule has 2 nitrogen and oxygen atoms in total. The van der Waals surface area contributed by atoms with Crippen molar-refractivity contribution in [2.45, 2.75) is 0 Å². The molecule has 0 fully saturated rings. The Hall–Kier alpha value is -2.61. The van der Waals surface area contributed by atoms with Gasteiger partial charge in [-0.3, -0.25) is 0 Å². The zero-order valence-electron chi connectivity index (χ0n) is 10.4. The standard InChI is InChI=1S/C17H14O2/c18-17(16-12-5-2-6-13-16)19-14-8-7-11-15-9-3-1-4-10-15/h1-14H/b11-7+,14-8+. The summed E-state index contributed by atoms with van der Waals surface area (Å²) in [7, 11) is 0. The minimum Gasteiger partial charge on any atom is -0.431 e. The first-order valence-electron chi connectivity index (χ1n) is 6.00. The van der Waals surface area contributed by atoms with Gasteiger partial charge in [0, 0.05) is 0 Å². The number of allylic oxidation sites excluding steroid dienone is 2. The van der Waals surface area contributed by atoms with Crippen LogP contribution in [-0.4, -0.2) is 5.97 Å². The fourth-order valence-electron chi connectivity index (χ4n) is 1.52. The Morgan fingerprint density at radius 1 is 0.842 bits per heavy atom. The van der Waals surface area contributed by atoms with Gasteiger partial charge in [-0.15, -0.1) is 0 Å². The maximum Gasteiger partial charge on any atom is 0.342 e. The molecule has 2 rings (SSSR count). The van der Waals surface area contributed by atoms with E-state index >= 15 is 0 Å². The summed E-state index contributed by atoms with van der Waals surface area (Å²) in [6.07, 6.45) is 6.84. The second-order valence-electron chi connectivity index (χ2n) is 3.87. The third kappa shape index (κ3) is 4.28. The molecule has 0 aliphatic rings. The molecular formula is C17H14O2. The Morgan fingerprint density at radius 2 is 1.47 bits per heavy atom. The monoisotopic (exact) mass is 250 g/mol. The van der Waals surface area contributed by atoms with Gasteiger partial charge >= 0.3 is 5.97 Å². The molecule has 0 aliphatic carbocycles. The molecule has 0 aliphatic heterocycles. The summed E-state index contributed by atoms with van der Waals surface area (Å²) < 4.78 is 5.00. The van der Waals surface area contributed by atoms with Gasteiger partial charge in [0.1, 0.15) is 0 Å². The lowest BCUT2D eigenvalue weighted by molar-refractivity contribution is 0.0663. The van der Waals surface area contributed by atoms with E-state index in [4.69, 9.17) is 4.74 Å². The number of hydrogen-bond donors (Lipinski definition) is 0. The van der Waals surface area contributed by atoms with Crippen molar-refractivity contribution < 1.29 is 9.53 Å². The molecule has 0 heterocycles. The quantitative estimate of drug-likeness (QED) is 0.464. The summed E-state index contributed by atoms with van der Waals surface area (Å²) in [5, 5.41) is 0. The molecule has 2 heteroatoms. The van der Waals surface area contributed by atoms with E-state index in [0.717, 1.165) is 5.56 Å². The van der Waals surface area contributed by atoms with Gasteiger partial charge in [-0.25, -0.2) is 4.79 Å². The van der Waals surface area contributed by atoms with E-state index in [9.17, 15) is 4.79 Å². The number of hydrogen-bond acceptors (Lipinski definition) is 2. The number of ether oxygens (including phenoxy) is 1. The van der Waals surface area contributed by atoms with Crippen LogP contribution in [-0.2, 0) is 4.74 Å². The zero-order chi connectivity index (χ0) is 13.3. The zero-order valence-corrected chi connectivity index (χ0v) is 10.4. The Morgan fingerprint density at radius 3 is 2.16 bits per heavy atom. The Bertz CT molecular complexity index is 569. The van der Waals surface area contributed by atoms with Gasteiger partial charge in [0.2, 0.25) is 0 Å². The van der Waals surface area contributed by atoms with Crippen LogP contribution < -0.4 is 0 Å². The molecular weight excluding hydrogens is 236 g/mol. The van der Waals surface area contributed by atoms with E-state index < -0.39 is 0 Å². The molecule has 0 radical (unpaired) electrons. The average molecular weight is 250 g/mol. The molecule has 2 aromatic rings. The van der Waals surface area contributed by atoms with Crippen molar-refractivity contribution in [1.29, 1.82) is 0 Å². The van der Waals surface area contributed by atoms with Crippen LogP contribution in [0.25, 0.3) is 6.08 Å². The molecule has 0 aromatic heterocycles. The highest BCUT2D eigenvalue weighted by molar-refractivity contribution is 5.89. The van der Waals surface area contributed by atoms with Crippen molar-refractivity contribution in [1.82, 2.24) is 0 Å². The number of rotatable bonds is 4. The molecule has 0 bridgehead atoms. The summed E-state index contributed by atoms with van der Waals surface area (Å²) in [6.45, 7) is 0. The first kappa shape index (κ1) is 12.8. The highest BCUT2D eigenvalue weighted by atomic mass is 16.5. The van der Waals surface area contributed by atoms with Crippen LogP contribution in [0.4, 0.5) is 0 Å². The van der Waals surface area contributed by atoms with Gasteiger partial charge < -0.3 is 4.74 Å². The Kier molecular flexibility index (Phi) is 4.71. The highest BCUT2D eigenvalue weighted by Gasteiger charge is 2.02. The summed E-state index contributed by atoms with van der Waals surface area (Å²) in [5.41, 5.74) is 1.64. The number of carbonyl (C=O) groups excluding carboxylic acids is 1. The van der Waals surface area contributed by atoms with Crippen molar-refractivity contribution in [2.24, 2.45) is 0 Å². The smallest absolute Gasteiger partial charge is 0.342 e. The maximum atomic E-state index is 11.6. The van der Waals surface area contributed by atoms with Crippen LogP contribution in [0.15, 0.2) is 79.1 Å². The van der Waals surface area contributed by atoms with Gasteiger partial charge in [0.25, 0.3) is 0 Å². The van der Waals surface area contributed by atoms with Crippen molar-refractivity contribution >= 4 is 12.0 Å². The molecule has 94 valence electrons. The lowest BCUT2D eigenvalue weighted by Gasteiger charge is -1.97. The lowest BCUT2D eigenvalue weighted by atomic mass is 10.2. The van der Waals surface area contributed by atoms with E-state index in [1.807, 2.05) is 48.6 Å². The predicted molar refractivity (Wildman–Crippen MR) is 76.5 cm³/mol. The average Bonchev–Trinajstić information content (AvgIpc) is 2.49. The Labute approximate surface area is 112 Å². The Balaban J connectivity index is 1.84. The largest absolute Gasteiger partial charge is 0.431 e. The van der Waals surface area contributed by atoms with Gasteiger partial charge in [-0.2, -0.15) is 0 Å². The molecule has 19 heavy (non-hydrogen) atoms. The normalized spacial score (nSPS) is 10.9. The van der Waals surface area contributed by atoms with E-state index in [1.54, 1.807) is 30.3 Å². The van der Waals surface area contributed by atoms with E-state index in [-0.39, 0.29) is 5.97 Å². The molecule has 0 saturated heterocycles. The van der Waals surface area contributed by atoms with Gasteiger partial charge in [-0.05, 0) is 23.8 Å². The molecule has 0 unspecified atom stereocenters. The summed E-state index contributed by atoms with van der Waals surface area (Å²) in [4.78, 5) is 11.6. The molecule has 0 N–H and O–H groups in total. The summed E-state index contributed by atoms with van der Waals surface area (Å²) >= 11 is 0. The SMILES string of the molecule is O=C(O/C=C/C=C/c1ccccc1)c1ccccc1. The molecule has 0 atom stereocenters.